The summed E-state index contributed by atoms with van der Waals surface area (Å²) >= 11 is 0. The molecule has 0 aliphatic carbocycles. The van der Waals surface area contributed by atoms with Crippen LogP contribution in [-0.4, -0.2) is 17.6 Å². The maximum absolute atomic E-state index is 12.4. The lowest BCUT2D eigenvalue weighted by Crippen LogP contribution is -2.41. The Kier molecular flexibility index (Phi) is 4.81. The molecular formula is C14H18F3NO2. The smallest absolute Gasteiger partial charge is 0.363 e. The molecule has 1 N–H and O–H groups in total. The van der Waals surface area contributed by atoms with Crippen molar-refractivity contribution in [3.05, 3.63) is 29.8 Å². The van der Waals surface area contributed by atoms with Gasteiger partial charge in [-0.2, -0.15) is 13.2 Å². The van der Waals surface area contributed by atoms with Gasteiger partial charge in [0.2, 0.25) is 0 Å². The second-order valence-corrected chi connectivity index (χ2v) is 5.21. The molecule has 1 aromatic rings. The molecule has 3 nitrogen and oxygen atoms in total. The lowest BCUT2D eigenvalue weighted by atomic mass is 10.1. The van der Waals surface area contributed by atoms with E-state index < -0.39 is 23.2 Å². The third-order valence-corrected chi connectivity index (χ3v) is 2.55. The number of halogens is 3. The molecule has 0 aliphatic heterocycles. The van der Waals surface area contributed by atoms with E-state index in [4.69, 9.17) is 4.74 Å². The van der Waals surface area contributed by atoms with Crippen molar-refractivity contribution in [3.63, 3.8) is 0 Å². The Balaban J connectivity index is 2.76. The molecule has 0 atom stereocenters. The number of carbonyl (C=O) groups excluding carboxylic acids is 1. The number of carbonyl (C=O) groups is 1. The number of nitrogens with one attached hydrogen (secondary N) is 1. The van der Waals surface area contributed by atoms with E-state index in [-0.39, 0.29) is 6.10 Å². The summed E-state index contributed by atoms with van der Waals surface area (Å²) in [5.74, 6) is -0.411. The number of rotatable bonds is 4. The molecule has 0 bridgehead atoms. The molecular weight excluding hydrogens is 271 g/mol. The summed E-state index contributed by atoms with van der Waals surface area (Å²) in [6, 6.07) is 4.27. The average Bonchev–Trinajstić information content (AvgIpc) is 2.26. The Morgan fingerprint density at radius 3 is 2.05 bits per heavy atom. The van der Waals surface area contributed by atoms with Crippen LogP contribution in [0.2, 0.25) is 0 Å². The number of amides is 1. The monoisotopic (exact) mass is 289 g/mol. The number of ether oxygens (including phenoxy) is 1. The zero-order valence-corrected chi connectivity index (χ0v) is 11.8. The molecule has 0 aliphatic rings. The van der Waals surface area contributed by atoms with Gasteiger partial charge >= 0.3 is 6.18 Å². The van der Waals surface area contributed by atoms with Crippen molar-refractivity contribution >= 4 is 11.6 Å². The normalized spacial score (nSPS) is 12.6. The minimum atomic E-state index is -4.39. The van der Waals surface area contributed by atoms with Gasteiger partial charge in [-0.25, -0.2) is 0 Å². The Bertz CT molecular complexity index is 464. The van der Waals surface area contributed by atoms with E-state index in [0.717, 1.165) is 12.1 Å². The highest BCUT2D eigenvalue weighted by Gasteiger charge is 2.31. The summed E-state index contributed by atoms with van der Waals surface area (Å²) in [5, 5.41) is 2.53. The highest BCUT2D eigenvalue weighted by atomic mass is 19.4. The van der Waals surface area contributed by atoms with Crippen LogP contribution >= 0.6 is 0 Å². The van der Waals surface area contributed by atoms with Crippen LogP contribution in [0, 0.1) is 0 Å². The molecule has 1 amide bonds. The molecule has 0 heterocycles. The van der Waals surface area contributed by atoms with Gasteiger partial charge in [-0.1, -0.05) is 0 Å². The van der Waals surface area contributed by atoms with Gasteiger partial charge < -0.3 is 10.1 Å². The predicted octanol–water partition coefficient (Wildman–Crippen LogP) is 3.85. The van der Waals surface area contributed by atoms with Crippen LogP contribution < -0.4 is 5.32 Å². The van der Waals surface area contributed by atoms with Gasteiger partial charge in [0.25, 0.3) is 5.91 Å². The third kappa shape index (κ3) is 4.52. The van der Waals surface area contributed by atoms with Crippen molar-refractivity contribution in [1.82, 2.24) is 0 Å². The van der Waals surface area contributed by atoms with Gasteiger partial charge in [0.05, 0.1) is 11.7 Å². The van der Waals surface area contributed by atoms with E-state index in [1.165, 1.54) is 12.1 Å². The quantitative estimate of drug-likeness (QED) is 0.914. The van der Waals surface area contributed by atoms with Crippen molar-refractivity contribution < 1.29 is 22.7 Å². The predicted molar refractivity (Wildman–Crippen MR) is 70.4 cm³/mol. The van der Waals surface area contributed by atoms with Crippen molar-refractivity contribution in [3.8, 4) is 0 Å². The van der Waals surface area contributed by atoms with E-state index in [0.29, 0.717) is 5.69 Å². The van der Waals surface area contributed by atoms with E-state index in [1.54, 1.807) is 27.7 Å². The Hall–Kier alpha value is -1.56. The van der Waals surface area contributed by atoms with Crippen molar-refractivity contribution in [1.29, 1.82) is 0 Å². The fourth-order valence-corrected chi connectivity index (χ4v) is 1.67. The average molecular weight is 289 g/mol. The summed E-state index contributed by atoms with van der Waals surface area (Å²) in [4.78, 5) is 12.0. The Morgan fingerprint density at radius 2 is 1.65 bits per heavy atom. The standard InChI is InChI=1S/C14H18F3NO2/c1-9(2)20-13(3,4)12(19)18-11-7-5-10(6-8-11)14(15,16)17/h5-9H,1-4H3,(H,18,19). The molecule has 0 saturated carbocycles. The number of alkyl halides is 3. The van der Waals surface area contributed by atoms with Crippen LogP contribution in [0.15, 0.2) is 24.3 Å². The molecule has 1 rings (SSSR count). The molecule has 0 unspecified atom stereocenters. The van der Waals surface area contributed by atoms with Crippen LogP contribution in [0.3, 0.4) is 0 Å². The first kappa shape index (κ1) is 16.5. The van der Waals surface area contributed by atoms with Gasteiger partial charge in [-0.3, -0.25) is 4.79 Å². The van der Waals surface area contributed by atoms with Crippen LogP contribution in [0.5, 0.6) is 0 Å². The lowest BCUT2D eigenvalue weighted by Gasteiger charge is -2.26. The molecule has 1 aromatic carbocycles. The fraction of sp³-hybridized carbons (Fsp3) is 0.500. The second kappa shape index (κ2) is 5.83. The van der Waals surface area contributed by atoms with Gasteiger partial charge in [-0.15, -0.1) is 0 Å². The van der Waals surface area contributed by atoms with Crippen LogP contribution in [0.1, 0.15) is 33.3 Å². The minimum Gasteiger partial charge on any atom is -0.363 e. The number of hydrogen-bond donors (Lipinski definition) is 1. The van der Waals surface area contributed by atoms with Crippen molar-refractivity contribution in [2.75, 3.05) is 5.32 Å². The first-order valence-corrected chi connectivity index (χ1v) is 6.19. The van der Waals surface area contributed by atoms with Crippen LogP contribution in [0.25, 0.3) is 0 Å². The summed E-state index contributed by atoms with van der Waals surface area (Å²) in [5.41, 5.74) is -1.52. The molecule has 20 heavy (non-hydrogen) atoms. The first-order valence-electron chi connectivity index (χ1n) is 6.19. The van der Waals surface area contributed by atoms with Crippen LogP contribution in [-0.2, 0) is 15.7 Å². The van der Waals surface area contributed by atoms with Crippen molar-refractivity contribution in [2.45, 2.75) is 45.6 Å². The summed E-state index contributed by atoms with van der Waals surface area (Å²) < 4.78 is 42.7. The first-order chi connectivity index (χ1) is 9.02. The summed E-state index contributed by atoms with van der Waals surface area (Å²) in [7, 11) is 0. The maximum atomic E-state index is 12.4. The third-order valence-electron chi connectivity index (χ3n) is 2.55. The van der Waals surface area contributed by atoms with E-state index >= 15 is 0 Å². The number of anilines is 1. The Labute approximate surface area is 116 Å². The molecule has 0 saturated heterocycles. The van der Waals surface area contributed by atoms with E-state index in [1.807, 2.05) is 0 Å². The zero-order chi connectivity index (χ0) is 15.6. The molecule has 0 fully saturated rings. The Morgan fingerprint density at radius 1 is 1.15 bits per heavy atom. The van der Waals surface area contributed by atoms with Gasteiger partial charge in [-0.05, 0) is 52.0 Å². The maximum Gasteiger partial charge on any atom is 0.416 e. The highest BCUT2D eigenvalue weighted by molar-refractivity contribution is 5.96. The molecule has 112 valence electrons. The number of benzene rings is 1. The highest BCUT2D eigenvalue weighted by Crippen LogP contribution is 2.30. The largest absolute Gasteiger partial charge is 0.416 e. The van der Waals surface area contributed by atoms with Crippen LogP contribution in [0.4, 0.5) is 18.9 Å². The van der Waals surface area contributed by atoms with E-state index in [2.05, 4.69) is 5.32 Å². The topological polar surface area (TPSA) is 38.3 Å². The molecule has 6 heteroatoms. The van der Waals surface area contributed by atoms with Gasteiger partial charge in [0.15, 0.2) is 0 Å². The molecule has 0 radical (unpaired) electrons. The second-order valence-electron chi connectivity index (χ2n) is 5.21. The minimum absolute atomic E-state index is 0.136. The SMILES string of the molecule is CC(C)OC(C)(C)C(=O)Nc1ccc(C(F)(F)F)cc1. The summed E-state index contributed by atoms with van der Waals surface area (Å²) in [6.07, 6.45) is -4.52. The summed E-state index contributed by atoms with van der Waals surface area (Å²) in [6.45, 7) is 6.80. The zero-order valence-electron chi connectivity index (χ0n) is 11.8. The number of hydrogen-bond acceptors (Lipinski definition) is 2. The van der Waals surface area contributed by atoms with Gasteiger partial charge in [0, 0.05) is 5.69 Å². The van der Waals surface area contributed by atoms with Crippen molar-refractivity contribution in [2.24, 2.45) is 0 Å². The molecule has 0 aromatic heterocycles. The fourth-order valence-electron chi connectivity index (χ4n) is 1.67. The molecule has 0 spiro atoms. The van der Waals surface area contributed by atoms with Gasteiger partial charge in [0.1, 0.15) is 5.60 Å². The lowest BCUT2D eigenvalue weighted by molar-refractivity contribution is -0.141. The van der Waals surface area contributed by atoms with E-state index in [9.17, 15) is 18.0 Å².